The lowest BCUT2D eigenvalue weighted by Crippen LogP contribution is -2.10. The van der Waals surface area contributed by atoms with Crippen LogP contribution in [0.2, 0.25) is 0 Å². The molecule has 0 spiro atoms. The Kier molecular flexibility index (Phi) is 5.04. The van der Waals surface area contributed by atoms with Crippen molar-refractivity contribution in [3.63, 3.8) is 0 Å². The van der Waals surface area contributed by atoms with Crippen molar-refractivity contribution in [3.05, 3.63) is 51.2 Å². The molecular formula is C18H18ClN3S2. The van der Waals surface area contributed by atoms with Gasteiger partial charge in [-0.1, -0.05) is 18.2 Å². The van der Waals surface area contributed by atoms with Gasteiger partial charge in [-0.25, -0.2) is 4.98 Å². The molecule has 3 N–H and O–H groups in total. The molecule has 0 atom stereocenters. The van der Waals surface area contributed by atoms with E-state index in [1.807, 2.05) is 5.38 Å². The van der Waals surface area contributed by atoms with Gasteiger partial charge in [-0.3, -0.25) is 5.41 Å². The number of rotatable bonds is 3. The van der Waals surface area contributed by atoms with Crippen molar-refractivity contribution < 1.29 is 0 Å². The topological polar surface area (TPSA) is 62.8 Å². The lowest BCUT2D eigenvalue weighted by Gasteiger charge is -2.16. The number of amidine groups is 1. The summed E-state index contributed by atoms with van der Waals surface area (Å²) in [4.78, 5) is 5.26. The molecule has 0 unspecified atom stereocenters. The smallest absolute Gasteiger partial charge is 0.133 e. The Morgan fingerprint density at radius 1 is 1.12 bits per heavy atom. The van der Waals surface area contributed by atoms with Crippen LogP contribution in [0, 0.1) is 5.41 Å². The fourth-order valence-electron chi connectivity index (χ4n) is 3.23. The summed E-state index contributed by atoms with van der Waals surface area (Å²) in [5, 5.41) is 12.9. The first kappa shape index (κ1) is 17.1. The Labute approximate surface area is 155 Å². The summed E-state index contributed by atoms with van der Waals surface area (Å²) in [6.45, 7) is 0. The number of nitrogen functional groups attached to an aromatic ring is 1. The summed E-state index contributed by atoms with van der Waals surface area (Å²) < 4.78 is 0. The van der Waals surface area contributed by atoms with E-state index in [2.05, 4.69) is 28.6 Å². The average Bonchev–Trinajstić information content (AvgIpc) is 3.23. The van der Waals surface area contributed by atoms with Gasteiger partial charge in [0, 0.05) is 28.1 Å². The first-order chi connectivity index (χ1) is 11.2. The van der Waals surface area contributed by atoms with Crippen LogP contribution in [0.1, 0.15) is 28.8 Å². The highest BCUT2D eigenvalue weighted by molar-refractivity contribution is 7.15. The molecule has 0 bridgehead atoms. The van der Waals surface area contributed by atoms with Crippen molar-refractivity contribution in [2.75, 3.05) is 0 Å². The first-order valence-electron chi connectivity index (χ1n) is 7.72. The summed E-state index contributed by atoms with van der Waals surface area (Å²) >= 11 is 3.13. The van der Waals surface area contributed by atoms with Gasteiger partial charge in [-0.05, 0) is 42.4 Å². The molecule has 1 aliphatic rings. The van der Waals surface area contributed by atoms with Gasteiger partial charge in [-0.2, -0.15) is 0 Å². The van der Waals surface area contributed by atoms with E-state index < -0.39 is 0 Å². The number of hydrogen-bond donors (Lipinski definition) is 2. The number of benzene rings is 1. The van der Waals surface area contributed by atoms with E-state index in [4.69, 9.17) is 11.1 Å². The molecule has 124 valence electrons. The number of thiazole rings is 1. The Bertz CT molecular complexity index is 869. The van der Waals surface area contributed by atoms with Crippen LogP contribution in [-0.4, -0.2) is 10.8 Å². The van der Waals surface area contributed by atoms with E-state index in [1.165, 1.54) is 53.7 Å². The van der Waals surface area contributed by atoms with Crippen LogP contribution in [-0.2, 0) is 12.8 Å². The number of nitrogens with zero attached hydrogens (tertiary/aromatic N) is 1. The fraction of sp³-hybridized carbons (Fsp3) is 0.222. The SMILES string of the molecule is Cl.N=C(N)c1scc(-c2ccc3c(c2)CCCC3)c1-c1nccs1. The Morgan fingerprint density at radius 2 is 1.92 bits per heavy atom. The molecule has 0 aliphatic heterocycles. The second-order valence-corrected chi connectivity index (χ2v) is 7.57. The molecular weight excluding hydrogens is 358 g/mol. The van der Waals surface area contributed by atoms with Crippen LogP contribution in [0.15, 0.2) is 35.2 Å². The molecule has 0 saturated carbocycles. The second kappa shape index (κ2) is 7.05. The van der Waals surface area contributed by atoms with Gasteiger partial charge in [0.2, 0.25) is 0 Å². The summed E-state index contributed by atoms with van der Waals surface area (Å²) in [6.07, 6.45) is 6.73. The van der Waals surface area contributed by atoms with Gasteiger partial charge >= 0.3 is 0 Å². The molecule has 3 nitrogen and oxygen atoms in total. The molecule has 6 heteroatoms. The van der Waals surface area contributed by atoms with Crippen LogP contribution in [0.25, 0.3) is 21.7 Å². The summed E-state index contributed by atoms with van der Waals surface area (Å²) in [7, 11) is 0. The van der Waals surface area contributed by atoms with E-state index in [0.29, 0.717) is 0 Å². The van der Waals surface area contributed by atoms with Gasteiger partial charge in [0.25, 0.3) is 0 Å². The Balaban J connectivity index is 0.00000169. The van der Waals surface area contributed by atoms with Crippen molar-refractivity contribution in [1.29, 1.82) is 5.41 Å². The average molecular weight is 376 g/mol. The van der Waals surface area contributed by atoms with Crippen molar-refractivity contribution in [2.24, 2.45) is 5.73 Å². The molecule has 0 fully saturated rings. The minimum Gasteiger partial charge on any atom is -0.383 e. The minimum absolute atomic E-state index is 0. The molecule has 0 amide bonds. The molecule has 2 heterocycles. The number of nitrogens with two attached hydrogens (primary N) is 1. The quantitative estimate of drug-likeness (QED) is 0.492. The largest absolute Gasteiger partial charge is 0.383 e. The van der Waals surface area contributed by atoms with Crippen molar-refractivity contribution in [2.45, 2.75) is 25.7 Å². The number of nitrogens with one attached hydrogen (secondary N) is 1. The van der Waals surface area contributed by atoms with Gasteiger partial charge in [0.05, 0.1) is 4.88 Å². The molecule has 3 aromatic rings. The number of aryl methyl sites for hydroxylation is 2. The molecule has 24 heavy (non-hydrogen) atoms. The lowest BCUT2D eigenvalue weighted by molar-refractivity contribution is 0.686. The van der Waals surface area contributed by atoms with Crippen LogP contribution >= 0.6 is 35.1 Å². The highest BCUT2D eigenvalue weighted by Gasteiger charge is 2.20. The van der Waals surface area contributed by atoms with Crippen LogP contribution in [0.4, 0.5) is 0 Å². The minimum atomic E-state index is 0. The molecule has 0 saturated heterocycles. The van der Waals surface area contributed by atoms with Crippen molar-refractivity contribution >= 4 is 40.9 Å². The Hall–Kier alpha value is -1.69. The molecule has 1 aromatic carbocycles. The number of aromatic nitrogens is 1. The standard InChI is InChI=1S/C18H17N3S2.ClH/c19-17(20)16-15(18-21-7-8-22-18)14(10-23-16)13-6-5-11-3-1-2-4-12(11)9-13;/h5-10H,1-4H2,(H3,19,20);1H. The highest BCUT2D eigenvalue weighted by atomic mass is 35.5. The summed E-state index contributed by atoms with van der Waals surface area (Å²) in [6, 6.07) is 6.78. The van der Waals surface area contributed by atoms with E-state index in [9.17, 15) is 0 Å². The van der Waals surface area contributed by atoms with Gasteiger partial charge in [-0.15, -0.1) is 35.1 Å². The Morgan fingerprint density at radius 3 is 2.62 bits per heavy atom. The van der Waals surface area contributed by atoms with E-state index >= 15 is 0 Å². The number of fused-ring (bicyclic) bond motifs is 1. The third kappa shape index (κ3) is 2.99. The first-order valence-corrected chi connectivity index (χ1v) is 9.48. The van der Waals surface area contributed by atoms with Crippen molar-refractivity contribution in [3.8, 4) is 21.7 Å². The lowest BCUT2D eigenvalue weighted by atomic mass is 9.89. The number of halogens is 1. The van der Waals surface area contributed by atoms with E-state index in [0.717, 1.165) is 21.0 Å². The zero-order valence-corrected chi connectivity index (χ0v) is 15.5. The zero-order chi connectivity index (χ0) is 15.8. The van der Waals surface area contributed by atoms with Gasteiger partial charge in [0.15, 0.2) is 0 Å². The molecule has 1 aliphatic carbocycles. The molecule has 4 rings (SSSR count). The van der Waals surface area contributed by atoms with Gasteiger partial charge in [0.1, 0.15) is 10.8 Å². The number of thiophene rings is 1. The highest BCUT2D eigenvalue weighted by Crippen LogP contribution is 2.41. The van der Waals surface area contributed by atoms with Crippen molar-refractivity contribution in [1.82, 2.24) is 4.98 Å². The van der Waals surface area contributed by atoms with E-state index in [1.54, 1.807) is 17.5 Å². The maximum atomic E-state index is 7.87. The maximum Gasteiger partial charge on any atom is 0.133 e. The molecule has 0 radical (unpaired) electrons. The maximum absolute atomic E-state index is 7.87. The van der Waals surface area contributed by atoms with Crippen LogP contribution in [0.5, 0.6) is 0 Å². The number of hydrogen-bond acceptors (Lipinski definition) is 4. The predicted octanol–water partition coefficient (Wildman–Crippen LogP) is 5.12. The monoisotopic (exact) mass is 375 g/mol. The second-order valence-electron chi connectivity index (χ2n) is 5.80. The zero-order valence-electron chi connectivity index (χ0n) is 13.0. The normalized spacial score (nSPS) is 13.2. The van der Waals surface area contributed by atoms with E-state index in [-0.39, 0.29) is 18.2 Å². The van der Waals surface area contributed by atoms with Gasteiger partial charge < -0.3 is 5.73 Å². The third-order valence-electron chi connectivity index (χ3n) is 4.34. The molecule has 2 aromatic heterocycles. The fourth-order valence-corrected chi connectivity index (χ4v) is 4.94. The van der Waals surface area contributed by atoms with Crippen LogP contribution in [0.3, 0.4) is 0 Å². The predicted molar refractivity (Wildman–Crippen MR) is 106 cm³/mol. The third-order valence-corrected chi connectivity index (χ3v) is 6.15. The summed E-state index contributed by atoms with van der Waals surface area (Å²) in [5.74, 6) is 0.115. The summed E-state index contributed by atoms with van der Waals surface area (Å²) in [5.41, 5.74) is 12.1. The van der Waals surface area contributed by atoms with Crippen LogP contribution < -0.4 is 5.73 Å².